The standard InChI is InChI=1S/C56H62N12O6/c1-7-41-43(21-25-58-50(41)66-31-30-65(55(66)73)40-10-9-24-57-33-40)42-18-17-39(67-53(74-6)60-61(5)54(67)72)32-44(42)36-13-15-38(16-14-36)64-29-28-63(34-35(64)2)37-22-26-62(27-23-37)45-11-8-12-46-49(45)56(3,4)52(71)68(46)47-19-20-48(69)59-51(47)70/h8-18,21,24-25,32-33,35,37,47H,7,19-20,22-23,26-31,34H2,1-6H3,(H,59,69,70)/t35-,47?/m1/s1. The van der Waals surface area contributed by atoms with Crippen molar-refractivity contribution in [3.63, 3.8) is 0 Å². The number of carbonyl (C=O) groups is 4. The third kappa shape index (κ3) is 8.24. The Hall–Kier alpha value is -7.86. The molecule has 382 valence electrons. The van der Waals surface area contributed by atoms with Gasteiger partial charge in [-0.05, 0) is 123 Å². The molecule has 0 spiro atoms. The van der Waals surface area contributed by atoms with Gasteiger partial charge in [-0.15, -0.1) is 5.10 Å². The Morgan fingerprint density at radius 1 is 0.770 bits per heavy atom. The smallest absolute Gasteiger partial charge is 0.353 e. The Balaban J connectivity index is 0.821. The van der Waals surface area contributed by atoms with E-state index < -0.39 is 17.4 Å². The Morgan fingerprint density at radius 3 is 2.24 bits per heavy atom. The summed E-state index contributed by atoms with van der Waals surface area (Å²) in [6.45, 7) is 13.7. The number of pyridine rings is 2. The number of aromatic nitrogens is 5. The van der Waals surface area contributed by atoms with E-state index in [-0.39, 0.29) is 42.0 Å². The lowest BCUT2D eigenvalue weighted by molar-refractivity contribution is -0.136. The minimum absolute atomic E-state index is 0.110. The monoisotopic (exact) mass is 998 g/mol. The van der Waals surface area contributed by atoms with Gasteiger partial charge in [0.25, 0.3) is 0 Å². The van der Waals surface area contributed by atoms with Crippen LogP contribution in [0.5, 0.6) is 6.01 Å². The van der Waals surface area contributed by atoms with E-state index >= 15 is 0 Å². The number of nitrogens with one attached hydrogen (secondary N) is 1. The third-order valence-corrected chi connectivity index (χ3v) is 15.9. The minimum Gasteiger partial charge on any atom is -0.467 e. The van der Waals surface area contributed by atoms with Crippen LogP contribution in [-0.2, 0) is 33.3 Å². The first-order valence-corrected chi connectivity index (χ1v) is 25.8. The second-order valence-electron chi connectivity index (χ2n) is 20.5. The van der Waals surface area contributed by atoms with Gasteiger partial charge in [0, 0.05) is 106 Å². The molecule has 5 aliphatic heterocycles. The molecule has 2 atom stereocenters. The number of urea groups is 1. The van der Waals surface area contributed by atoms with Gasteiger partial charge < -0.3 is 14.5 Å². The molecule has 74 heavy (non-hydrogen) atoms. The zero-order valence-corrected chi connectivity index (χ0v) is 42.8. The Morgan fingerprint density at radius 2 is 1.53 bits per heavy atom. The number of hydrogen-bond acceptors (Lipinski definition) is 12. The average Bonchev–Trinajstić information content (AvgIpc) is 4.02. The number of rotatable bonds is 11. The number of hydrogen-bond donors (Lipinski definition) is 1. The van der Waals surface area contributed by atoms with Crippen LogP contribution in [0.25, 0.3) is 27.9 Å². The lowest BCUT2D eigenvalue weighted by Gasteiger charge is -2.47. The minimum atomic E-state index is -0.821. The van der Waals surface area contributed by atoms with Crippen molar-refractivity contribution in [2.24, 2.45) is 7.05 Å². The van der Waals surface area contributed by atoms with Gasteiger partial charge in [0.2, 0.25) is 17.7 Å². The van der Waals surface area contributed by atoms with Crippen LogP contribution in [0.15, 0.2) is 102 Å². The van der Waals surface area contributed by atoms with E-state index in [0.29, 0.717) is 43.5 Å². The number of ether oxygens (including phenoxy) is 1. The van der Waals surface area contributed by atoms with Crippen LogP contribution in [0.4, 0.5) is 33.4 Å². The van der Waals surface area contributed by atoms with Crippen LogP contribution in [-0.4, -0.2) is 124 Å². The van der Waals surface area contributed by atoms with E-state index in [1.165, 1.54) is 16.4 Å². The molecule has 0 saturated carbocycles. The Labute approximate surface area is 430 Å². The van der Waals surface area contributed by atoms with E-state index in [9.17, 15) is 24.0 Å². The maximum atomic E-state index is 14.0. The number of amides is 5. The molecule has 4 fully saturated rings. The number of anilines is 5. The molecule has 4 saturated heterocycles. The van der Waals surface area contributed by atoms with Crippen LogP contribution in [0.2, 0.25) is 0 Å². The molecule has 1 N–H and O–H groups in total. The molecular formula is C56H62N12O6. The number of fused-ring (bicyclic) bond motifs is 1. The molecule has 18 heteroatoms. The summed E-state index contributed by atoms with van der Waals surface area (Å²) in [6.07, 6.45) is 8.29. The van der Waals surface area contributed by atoms with E-state index in [1.807, 2.05) is 62.4 Å². The Bertz CT molecular complexity index is 3240. The fourth-order valence-corrected chi connectivity index (χ4v) is 12.1. The zero-order valence-electron chi connectivity index (χ0n) is 42.8. The number of aryl methyl sites for hydroxylation is 1. The van der Waals surface area contributed by atoms with Crippen molar-refractivity contribution in [1.29, 1.82) is 0 Å². The summed E-state index contributed by atoms with van der Waals surface area (Å²) in [5, 5.41) is 6.76. The van der Waals surface area contributed by atoms with Crippen molar-refractivity contribution in [3.05, 3.63) is 119 Å². The summed E-state index contributed by atoms with van der Waals surface area (Å²) in [5.74, 6) is -0.198. The molecule has 5 aliphatic rings. The molecule has 11 rings (SSSR count). The topological polar surface area (TPSA) is 175 Å². The fraction of sp³-hybridized carbons (Fsp3) is 0.393. The van der Waals surface area contributed by atoms with Crippen molar-refractivity contribution in [2.45, 2.75) is 83.3 Å². The molecule has 3 aromatic carbocycles. The second-order valence-corrected chi connectivity index (χ2v) is 20.5. The second kappa shape index (κ2) is 19.2. The van der Waals surface area contributed by atoms with Gasteiger partial charge in [0.05, 0.1) is 35.8 Å². The highest BCUT2D eigenvalue weighted by Gasteiger charge is 2.51. The first kappa shape index (κ1) is 48.4. The van der Waals surface area contributed by atoms with Crippen molar-refractivity contribution < 1.29 is 23.9 Å². The van der Waals surface area contributed by atoms with Gasteiger partial charge in [0.1, 0.15) is 11.9 Å². The van der Waals surface area contributed by atoms with Gasteiger partial charge in [0.15, 0.2) is 0 Å². The molecule has 6 aromatic rings. The van der Waals surface area contributed by atoms with Crippen molar-refractivity contribution in [3.8, 4) is 34.0 Å². The van der Waals surface area contributed by atoms with Crippen LogP contribution in [0, 0.1) is 0 Å². The summed E-state index contributed by atoms with van der Waals surface area (Å²) in [4.78, 5) is 88.2. The molecular weight excluding hydrogens is 937 g/mol. The van der Waals surface area contributed by atoms with E-state index in [1.54, 1.807) is 40.3 Å². The molecule has 1 unspecified atom stereocenters. The summed E-state index contributed by atoms with van der Waals surface area (Å²) >= 11 is 0. The van der Waals surface area contributed by atoms with Crippen molar-refractivity contribution >= 4 is 52.3 Å². The first-order valence-electron chi connectivity index (χ1n) is 25.8. The number of benzene rings is 3. The number of piperazine rings is 1. The predicted octanol–water partition coefficient (Wildman–Crippen LogP) is 6.32. The highest BCUT2D eigenvalue weighted by atomic mass is 16.5. The highest BCUT2D eigenvalue weighted by Crippen LogP contribution is 2.49. The maximum Gasteiger partial charge on any atom is 0.353 e. The molecule has 3 aromatic heterocycles. The third-order valence-electron chi connectivity index (χ3n) is 15.9. The number of carbonyl (C=O) groups excluding carboxylic acids is 4. The molecule has 0 bridgehead atoms. The summed E-state index contributed by atoms with van der Waals surface area (Å²) in [6, 6.07) is 26.4. The highest BCUT2D eigenvalue weighted by molar-refractivity contribution is 6.15. The van der Waals surface area contributed by atoms with E-state index in [2.05, 4.69) is 74.3 Å². The van der Waals surface area contributed by atoms with Gasteiger partial charge in [-0.25, -0.2) is 23.8 Å². The lowest BCUT2D eigenvalue weighted by atomic mass is 9.84. The van der Waals surface area contributed by atoms with Gasteiger partial charge >= 0.3 is 17.7 Å². The first-order chi connectivity index (χ1) is 35.8. The van der Waals surface area contributed by atoms with E-state index in [0.717, 1.165) is 102 Å². The fourth-order valence-electron chi connectivity index (χ4n) is 12.1. The van der Waals surface area contributed by atoms with Gasteiger partial charge in [-0.1, -0.05) is 31.2 Å². The van der Waals surface area contributed by atoms with Crippen LogP contribution < -0.4 is 40.2 Å². The van der Waals surface area contributed by atoms with Gasteiger partial charge in [-0.2, -0.15) is 0 Å². The van der Waals surface area contributed by atoms with E-state index in [4.69, 9.17) is 9.72 Å². The average molecular weight is 999 g/mol. The predicted molar refractivity (Wildman–Crippen MR) is 284 cm³/mol. The van der Waals surface area contributed by atoms with Crippen LogP contribution in [0.3, 0.4) is 0 Å². The van der Waals surface area contributed by atoms with Crippen molar-refractivity contribution in [1.82, 2.24) is 34.5 Å². The number of nitrogens with zero attached hydrogens (tertiary/aromatic N) is 11. The quantitative estimate of drug-likeness (QED) is 0.143. The van der Waals surface area contributed by atoms with Crippen LogP contribution >= 0.6 is 0 Å². The van der Waals surface area contributed by atoms with Crippen LogP contribution in [0.1, 0.15) is 64.5 Å². The van der Waals surface area contributed by atoms with Gasteiger partial charge in [-0.3, -0.25) is 44.3 Å². The molecule has 5 amide bonds. The zero-order chi connectivity index (χ0) is 51.6. The van der Waals surface area contributed by atoms with Crippen molar-refractivity contribution in [2.75, 3.05) is 77.4 Å². The summed E-state index contributed by atoms with van der Waals surface area (Å²) in [5.41, 5.74) is 8.77. The number of piperidine rings is 2. The largest absolute Gasteiger partial charge is 0.467 e. The number of methoxy groups -OCH3 is 1. The molecule has 0 aliphatic carbocycles. The number of imide groups is 1. The molecule has 0 radical (unpaired) electrons. The summed E-state index contributed by atoms with van der Waals surface area (Å²) in [7, 11) is 3.10. The summed E-state index contributed by atoms with van der Waals surface area (Å²) < 4.78 is 8.30. The maximum absolute atomic E-state index is 14.0. The Kier molecular flexibility index (Phi) is 12.6. The molecule has 18 nitrogen and oxygen atoms in total. The lowest BCUT2D eigenvalue weighted by Crippen LogP contribution is -2.57. The normalized spacial score (nSPS) is 20.4. The SMILES string of the molecule is CCc1c(-c2ccc(-n3c(OC)nn(C)c3=O)cc2-c2ccc(N3CCN(C4CCN(c5cccc6c5C(C)(C)C(=O)N6C5CCC(=O)NC5=O)CC4)C[C@H]3C)cc2)ccnc1N1CCN(c2cccnc2)C1=O. The molecule has 8 heterocycles.